The van der Waals surface area contributed by atoms with Crippen LogP contribution in [0, 0.1) is 12.3 Å². The van der Waals surface area contributed by atoms with Gasteiger partial charge in [0.25, 0.3) is 10.1 Å². The predicted molar refractivity (Wildman–Crippen MR) is 113 cm³/mol. The molecular weight excluding hydrogens is 392 g/mol. The number of rotatable bonds is 11. The van der Waals surface area contributed by atoms with Crippen molar-refractivity contribution in [1.29, 1.82) is 0 Å². The second-order valence-corrected chi connectivity index (χ2v) is 10.5. The first kappa shape index (κ1) is 25.6. The second-order valence-electron chi connectivity index (χ2n) is 8.89. The summed E-state index contributed by atoms with van der Waals surface area (Å²) in [6, 6.07) is 6.58. The molecular formula is C22H36O6S. The van der Waals surface area contributed by atoms with Gasteiger partial charge in [-0.1, -0.05) is 30.5 Å². The molecule has 0 aliphatic rings. The number of hydrogen-bond acceptors (Lipinski definition) is 6. The van der Waals surface area contributed by atoms with Crippen molar-refractivity contribution in [3.63, 3.8) is 0 Å². The van der Waals surface area contributed by atoms with Crippen LogP contribution in [-0.4, -0.2) is 39.8 Å². The molecule has 0 N–H and O–H groups in total. The Hall–Kier alpha value is -1.44. The normalized spacial score (nSPS) is 13.9. The van der Waals surface area contributed by atoms with E-state index in [0.717, 1.165) is 18.4 Å². The van der Waals surface area contributed by atoms with Gasteiger partial charge < -0.3 is 9.47 Å². The quantitative estimate of drug-likeness (QED) is 0.290. The van der Waals surface area contributed by atoms with Crippen molar-refractivity contribution in [3.8, 4) is 0 Å². The molecule has 7 heteroatoms. The Bertz CT molecular complexity index is 745. The van der Waals surface area contributed by atoms with Gasteiger partial charge in [0.2, 0.25) is 0 Å². The van der Waals surface area contributed by atoms with Crippen molar-refractivity contribution in [2.45, 2.75) is 83.8 Å². The van der Waals surface area contributed by atoms with Gasteiger partial charge in [0.1, 0.15) is 5.60 Å². The van der Waals surface area contributed by atoms with Crippen LogP contribution in [0.1, 0.15) is 65.9 Å². The first-order valence-corrected chi connectivity index (χ1v) is 11.4. The number of ether oxygens (including phenoxy) is 2. The van der Waals surface area contributed by atoms with Crippen molar-refractivity contribution in [2.75, 3.05) is 13.7 Å². The van der Waals surface area contributed by atoms with Gasteiger partial charge in [-0.05, 0) is 66.5 Å². The third-order valence-corrected chi connectivity index (χ3v) is 6.00. The summed E-state index contributed by atoms with van der Waals surface area (Å²) in [4.78, 5) is 12.7. The zero-order chi connectivity index (χ0) is 22.3. The van der Waals surface area contributed by atoms with Crippen molar-refractivity contribution in [1.82, 2.24) is 0 Å². The van der Waals surface area contributed by atoms with E-state index >= 15 is 0 Å². The molecule has 0 saturated carbocycles. The van der Waals surface area contributed by atoms with E-state index in [1.807, 2.05) is 41.5 Å². The molecule has 1 atom stereocenters. The molecule has 0 aliphatic carbocycles. The van der Waals surface area contributed by atoms with Gasteiger partial charge in [0.05, 0.1) is 23.0 Å². The Kier molecular flexibility index (Phi) is 9.31. The number of aryl methyl sites for hydroxylation is 1. The van der Waals surface area contributed by atoms with Gasteiger partial charge in [0, 0.05) is 7.11 Å². The van der Waals surface area contributed by atoms with Crippen LogP contribution < -0.4 is 0 Å². The van der Waals surface area contributed by atoms with E-state index in [0.29, 0.717) is 12.8 Å². The summed E-state index contributed by atoms with van der Waals surface area (Å²) < 4.78 is 40.5. The number of hydrogen-bond donors (Lipinski definition) is 0. The summed E-state index contributed by atoms with van der Waals surface area (Å²) >= 11 is 0. The topological polar surface area (TPSA) is 78.9 Å². The molecule has 1 unspecified atom stereocenters. The third-order valence-electron chi connectivity index (χ3n) is 4.67. The number of unbranched alkanes of at least 4 members (excludes halogenated alkanes) is 2. The Morgan fingerprint density at radius 1 is 1.00 bits per heavy atom. The minimum Gasteiger partial charge on any atom is -0.459 e. The molecule has 0 radical (unpaired) electrons. The summed E-state index contributed by atoms with van der Waals surface area (Å²) in [5, 5.41) is 0. The second kappa shape index (κ2) is 10.5. The molecule has 0 spiro atoms. The molecule has 1 aromatic rings. The Morgan fingerprint density at radius 2 is 1.59 bits per heavy atom. The summed E-state index contributed by atoms with van der Waals surface area (Å²) in [7, 11) is -2.13. The van der Waals surface area contributed by atoms with Crippen LogP contribution in [0.4, 0.5) is 0 Å². The van der Waals surface area contributed by atoms with Gasteiger partial charge >= 0.3 is 5.97 Å². The van der Waals surface area contributed by atoms with Crippen LogP contribution in [-0.2, 0) is 28.6 Å². The molecule has 0 heterocycles. The molecule has 0 aliphatic heterocycles. The van der Waals surface area contributed by atoms with Gasteiger partial charge in [-0.2, -0.15) is 8.42 Å². The van der Waals surface area contributed by atoms with Crippen LogP contribution in [0.3, 0.4) is 0 Å². The predicted octanol–water partition coefficient (Wildman–Crippen LogP) is 4.64. The number of carbonyl (C=O) groups is 1. The standard InChI is InChI=1S/C22H36O6S/c1-17-12-14-18(15-13-17)29(24,25)27-16-10-8-9-11-19(26-7)22(5,6)20(23)28-21(2,3)4/h12-15,19H,8-11,16H2,1-7H3. The highest BCUT2D eigenvalue weighted by Crippen LogP contribution is 2.30. The van der Waals surface area contributed by atoms with Gasteiger partial charge in [0.15, 0.2) is 0 Å². The summed E-state index contributed by atoms with van der Waals surface area (Å²) in [6.45, 7) is 11.2. The van der Waals surface area contributed by atoms with Crippen molar-refractivity contribution < 1.29 is 26.9 Å². The molecule has 0 bridgehead atoms. The Labute approximate surface area is 176 Å². The lowest BCUT2D eigenvalue weighted by atomic mass is 9.83. The van der Waals surface area contributed by atoms with Crippen LogP contribution in [0.15, 0.2) is 29.2 Å². The van der Waals surface area contributed by atoms with Gasteiger partial charge in [-0.3, -0.25) is 8.98 Å². The van der Waals surface area contributed by atoms with Crippen molar-refractivity contribution in [3.05, 3.63) is 29.8 Å². The fraction of sp³-hybridized carbons (Fsp3) is 0.682. The smallest absolute Gasteiger partial charge is 0.314 e. The molecule has 1 rings (SSSR count). The maximum atomic E-state index is 12.5. The molecule has 166 valence electrons. The molecule has 0 aromatic heterocycles. The number of methoxy groups -OCH3 is 1. The molecule has 0 saturated heterocycles. The highest BCUT2D eigenvalue weighted by molar-refractivity contribution is 7.86. The fourth-order valence-corrected chi connectivity index (χ4v) is 3.81. The van der Waals surface area contributed by atoms with Gasteiger partial charge in [-0.15, -0.1) is 0 Å². The molecule has 0 amide bonds. The zero-order valence-electron chi connectivity index (χ0n) is 18.8. The first-order valence-electron chi connectivity index (χ1n) is 10.0. The van der Waals surface area contributed by atoms with E-state index in [1.54, 1.807) is 31.4 Å². The summed E-state index contributed by atoms with van der Waals surface area (Å²) in [6.07, 6.45) is 2.56. The summed E-state index contributed by atoms with van der Waals surface area (Å²) in [5.74, 6) is -0.288. The highest BCUT2D eigenvalue weighted by atomic mass is 32.2. The van der Waals surface area contributed by atoms with E-state index in [-0.39, 0.29) is 23.6 Å². The third kappa shape index (κ3) is 8.44. The largest absolute Gasteiger partial charge is 0.459 e. The lowest BCUT2D eigenvalue weighted by Crippen LogP contribution is -2.42. The number of benzene rings is 1. The van der Waals surface area contributed by atoms with Crippen LogP contribution >= 0.6 is 0 Å². The van der Waals surface area contributed by atoms with Crippen LogP contribution in [0.2, 0.25) is 0 Å². The van der Waals surface area contributed by atoms with E-state index in [2.05, 4.69) is 0 Å². The van der Waals surface area contributed by atoms with E-state index in [9.17, 15) is 13.2 Å². The van der Waals surface area contributed by atoms with Crippen LogP contribution in [0.5, 0.6) is 0 Å². The van der Waals surface area contributed by atoms with E-state index in [1.165, 1.54) is 0 Å². The molecule has 6 nitrogen and oxygen atoms in total. The van der Waals surface area contributed by atoms with E-state index < -0.39 is 21.1 Å². The maximum Gasteiger partial charge on any atom is 0.314 e. The average molecular weight is 429 g/mol. The fourth-order valence-electron chi connectivity index (χ4n) is 2.86. The Balaban J connectivity index is 2.44. The minimum absolute atomic E-state index is 0.128. The number of esters is 1. The van der Waals surface area contributed by atoms with E-state index in [4.69, 9.17) is 13.7 Å². The number of carbonyl (C=O) groups excluding carboxylic acids is 1. The maximum absolute atomic E-state index is 12.5. The zero-order valence-corrected chi connectivity index (χ0v) is 19.6. The lowest BCUT2D eigenvalue weighted by molar-refractivity contribution is -0.174. The average Bonchev–Trinajstić information content (AvgIpc) is 2.59. The minimum atomic E-state index is -3.72. The molecule has 0 fully saturated rings. The lowest BCUT2D eigenvalue weighted by Gasteiger charge is -2.34. The monoisotopic (exact) mass is 428 g/mol. The first-order chi connectivity index (χ1) is 13.3. The van der Waals surface area contributed by atoms with Crippen LogP contribution in [0.25, 0.3) is 0 Å². The Morgan fingerprint density at radius 3 is 2.10 bits per heavy atom. The molecule has 29 heavy (non-hydrogen) atoms. The highest BCUT2D eigenvalue weighted by Gasteiger charge is 2.40. The molecule has 1 aromatic carbocycles. The van der Waals surface area contributed by atoms with Gasteiger partial charge in [-0.25, -0.2) is 0 Å². The van der Waals surface area contributed by atoms with Crippen molar-refractivity contribution >= 4 is 16.1 Å². The SMILES string of the molecule is COC(CCCCCOS(=O)(=O)c1ccc(C)cc1)C(C)(C)C(=O)OC(C)(C)C. The summed E-state index contributed by atoms with van der Waals surface area (Å²) in [5.41, 5.74) is -0.328. The van der Waals surface area contributed by atoms with Crippen molar-refractivity contribution in [2.24, 2.45) is 5.41 Å².